The highest BCUT2D eigenvalue weighted by Crippen LogP contribution is 2.39. The van der Waals surface area contributed by atoms with Gasteiger partial charge in [0.25, 0.3) is 10.0 Å². The number of carbonyl (C=O) groups is 1. The average Bonchev–Trinajstić information content (AvgIpc) is 2.99. The van der Waals surface area contributed by atoms with Gasteiger partial charge in [0.05, 0.1) is 11.4 Å². The summed E-state index contributed by atoms with van der Waals surface area (Å²) < 4.78 is 28.9. The summed E-state index contributed by atoms with van der Waals surface area (Å²) in [7, 11) is -2.28. The number of hydrogen-bond donors (Lipinski definition) is 0. The van der Waals surface area contributed by atoms with E-state index < -0.39 is 10.0 Å². The van der Waals surface area contributed by atoms with Crippen LogP contribution in [0.2, 0.25) is 0 Å². The van der Waals surface area contributed by atoms with Crippen LogP contribution in [0, 0.1) is 13.8 Å². The number of rotatable bonds is 3. The van der Waals surface area contributed by atoms with Crippen molar-refractivity contribution in [1.82, 2.24) is 0 Å². The van der Waals surface area contributed by atoms with E-state index in [-0.39, 0.29) is 10.8 Å². The van der Waals surface area contributed by atoms with Crippen LogP contribution in [0.1, 0.15) is 23.6 Å². The van der Waals surface area contributed by atoms with Crippen LogP contribution in [0.25, 0.3) is 0 Å². The SMILES string of the molecule is CC(=O)N1CCc2cc(Br)cc(S(=O)(=O)N(C)c3cc(C)ccc3C)c21. The lowest BCUT2D eigenvalue weighted by molar-refractivity contribution is -0.116. The van der Waals surface area contributed by atoms with E-state index in [0.717, 1.165) is 16.7 Å². The first-order valence-corrected chi connectivity index (χ1v) is 10.5. The second-order valence-corrected chi connectivity index (χ2v) is 9.45. The number of benzene rings is 2. The first kappa shape index (κ1) is 18.9. The van der Waals surface area contributed by atoms with Crippen molar-refractivity contribution in [1.29, 1.82) is 0 Å². The molecule has 0 spiro atoms. The highest BCUT2D eigenvalue weighted by molar-refractivity contribution is 9.10. The monoisotopic (exact) mass is 436 g/mol. The molecule has 0 radical (unpaired) electrons. The molecule has 1 aliphatic heterocycles. The molecule has 0 atom stereocenters. The van der Waals surface area contributed by atoms with Crippen molar-refractivity contribution in [2.45, 2.75) is 32.1 Å². The fraction of sp³-hybridized carbons (Fsp3) is 0.316. The Morgan fingerprint density at radius 1 is 1.19 bits per heavy atom. The fourth-order valence-corrected chi connectivity index (χ4v) is 5.49. The first-order chi connectivity index (χ1) is 12.1. The summed E-state index contributed by atoms with van der Waals surface area (Å²) in [5.74, 6) is -0.156. The number of hydrogen-bond acceptors (Lipinski definition) is 3. The molecule has 3 rings (SSSR count). The molecule has 0 fully saturated rings. The molecule has 1 heterocycles. The Bertz CT molecular complexity index is 1000. The van der Waals surface area contributed by atoms with Crippen LogP contribution < -0.4 is 9.21 Å². The average molecular weight is 437 g/mol. The molecule has 0 unspecified atom stereocenters. The van der Waals surface area contributed by atoms with Gasteiger partial charge in [-0.2, -0.15) is 0 Å². The van der Waals surface area contributed by atoms with E-state index in [4.69, 9.17) is 0 Å². The lowest BCUT2D eigenvalue weighted by Gasteiger charge is -2.25. The minimum Gasteiger partial charge on any atom is -0.311 e. The molecule has 2 aromatic carbocycles. The van der Waals surface area contributed by atoms with Gasteiger partial charge >= 0.3 is 0 Å². The second-order valence-electron chi connectivity index (χ2n) is 6.59. The maximum Gasteiger partial charge on any atom is 0.266 e. The standard InChI is InChI=1S/C19H21BrN2O3S/c1-12-5-6-13(2)17(9-12)21(4)26(24,25)18-11-16(20)10-15-7-8-22(14(3)23)19(15)18/h5-6,9-11H,7-8H2,1-4H3. The Balaban J connectivity index is 2.20. The van der Waals surface area contributed by atoms with E-state index in [1.54, 1.807) is 18.0 Å². The molecule has 26 heavy (non-hydrogen) atoms. The Labute approximate surface area is 162 Å². The number of nitrogens with zero attached hydrogens (tertiary/aromatic N) is 2. The quantitative estimate of drug-likeness (QED) is 0.734. The predicted octanol–water partition coefficient (Wildman–Crippen LogP) is 3.80. The van der Waals surface area contributed by atoms with Gasteiger partial charge in [-0.15, -0.1) is 0 Å². The van der Waals surface area contributed by atoms with Crippen molar-refractivity contribution in [3.8, 4) is 0 Å². The highest BCUT2D eigenvalue weighted by atomic mass is 79.9. The van der Waals surface area contributed by atoms with E-state index in [1.807, 2.05) is 38.1 Å². The van der Waals surface area contributed by atoms with Crippen molar-refractivity contribution in [3.05, 3.63) is 51.5 Å². The summed E-state index contributed by atoms with van der Waals surface area (Å²) in [4.78, 5) is 13.7. The number of halogens is 1. The Morgan fingerprint density at radius 2 is 1.88 bits per heavy atom. The zero-order valence-corrected chi connectivity index (χ0v) is 17.6. The minimum absolute atomic E-state index is 0.151. The maximum atomic E-state index is 13.4. The molecule has 2 aromatic rings. The largest absolute Gasteiger partial charge is 0.311 e. The number of amides is 1. The molecule has 0 aromatic heterocycles. The van der Waals surface area contributed by atoms with Crippen LogP contribution in [0.4, 0.5) is 11.4 Å². The zero-order chi connectivity index (χ0) is 19.2. The van der Waals surface area contributed by atoms with Gasteiger partial charge in [-0.3, -0.25) is 9.10 Å². The molecule has 0 aliphatic carbocycles. The molecule has 0 saturated carbocycles. The maximum absolute atomic E-state index is 13.4. The van der Waals surface area contributed by atoms with E-state index in [2.05, 4.69) is 15.9 Å². The number of aryl methyl sites for hydroxylation is 2. The van der Waals surface area contributed by atoms with Gasteiger partial charge in [-0.05, 0) is 55.2 Å². The second kappa shape index (κ2) is 6.70. The summed E-state index contributed by atoms with van der Waals surface area (Å²) >= 11 is 3.41. The van der Waals surface area contributed by atoms with Crippen LogP contribution in [-0.2, 0) is 21.2 Å². The van der Waals surface area contributed by atoms with Crippen molar-refractivity contribution in [2.24, 2.45) is 0 Å². The van der Waals surface area contributed by atoms with Crippen molar-refractivity contribution in [3.63, 3.8) is 0 Å². The number of sulfonamides is 1. The van der Waals surface area contributed by atoms with Crippen LogP contribution in [0.15, 0.2) is 39.7 Å². The molecule has 0 N–H and O–H groups in total. The Morgan fingerprint density at radius 3 is 2.54 bits per heavy atom. The van der Waals surface area contributed by atoms with E-state index >= 15 is 0 Å². The minimum atomic E-state index is -3.84. The van der Waals surface area contributed by atoms with Gasteiger partial charge in [0, 0.05) is 25.0 Å². The molecule has 0 bridgehead atoms. The third kappa shape index (κ3) is 3.14. The fourth-order valence-electron chi connectivity index (χ4n) is 3.32. The van der Waals surface area contributed by atoms with E-state index in [1.165, 1.54) is 11.2 Å². The third-order valence-electron chi connectivity index (χ3n) is 4.72. The molecule has 138 valence electrons. The molecule has 0 saturated heterocycles. The number of fused-ring (bicyclic) bond motifs is 1. The summed E-state index contributed by atoms with van der Waals surface area (Å²) in [6.45, 7) is 5.77. The highest BCUT2D eigenvalue weighted by Gasteiger charge is 2.33. The summed E-state index contributed by atoms with van der Waals surface area (Å²) in [5.41, 5.74) is 3.85. The zero-order valence-electron chi connectivity index (χ0n) is 15.2. The predicted molar refractivity (Wildman–Crippen MR) is 107 cm³/mol. The van der Waals surface area contributed by atoms with Crippen LogP contribution >= 0.6 is 15.9 Å². The Hall–Kier alpha value is -1.86. The summed E-state index contributed by atoms with van der Waals surface area (Å²) in [6.07, 6.45) is 0.643. The van der Waals surface area contributed by atoms with Gasteiger partial charge in [-0.1, -0.05) is 28.1 Å². The number of carbonyl (C=O) groups excluding carboxylic acids is 1. The smallest absolute Gasteiger partial charge is 0.266 e. The van der Waals surface area contributed by atoms with Gasteiger partial charge < -0.3 is 4.90 Å². The third-order valence-corrected chi connectivity index (χ3v) is 6.96. The van der Waals surface area contributed by atoms with Gasteiger partial charge in [0.15, 0.2) is 0 Å². The summed E-state index contributed by atoms with van der Waals surface area (Å²) in [6, 6.07) is 9.18. The van der Waals surface area contributed by atoms with Crippen molar-refractivity contribution < 1.29 is 13.2 Å². The molecular weight excluding hydrogens is 416 g/mol. The van der Waals surface area contributed by atoms with Crippen LogP contribution in [-0.4, -0.2) is 27.9 Å². The van der Waals surface area contributed by atoms with Crippen LogP contribution in [0.3, 0.4) is 0 Å². The van der Waals surface area contributed by atoms with Crippen molar-refractivity contribution in [2.75, 3.05) is 22.8 Å². The van der Waals surface area contributed by atoms with Crippen molar-refractivity contribution >= 4 is 43.2 Å². The normalized spacial score (nSPS) is 13.7. The Kier molecular flexibility index (Phi) is 4.88. The lowest BCUT2D eigenvalue weighted by atomic mass is 10.1. The molecule has 1 amide bonds. The van der Waals surface area contributed by atoms with Gasteiger partial charge in [-0.25, -0.2) is 8.42 Å². The summed E-state index contributed by atoms with van der Waals surface area (Å²) in [5, 5.41) is 0. The number of anilines is 2. The van der Waals surface area contributed by atoms with Gasteiger partial charge in [0.1, 0.15) is 4.90 Å². The molecular formula is C19H21BrN2O3S. The molecule has 5 nitrogen and oxygen atoms in total. The first-order valence-electron chi connectivity index (χ1n) is 8.29. The van der Waals surface area contributed by atoms with Gasteiger partial charge in [0.2, 0.25) is 5.91 Å². The van der Waals surface area contributed by atoms with Crippen LogP contribution in [0.5, 0.6) is 0 Å². The topological polar surface area (TPSA) is 57.7 Å². The van der Waals surface area contributed by atoms with E-state index in [0.29, 0.717) is 28.8 Å². The molecule has 7 heteroatoms. The molecule has 1 aliphatic rings. The van der Waals surface area contributed by atoms with E-state index in [9.17, 15) is 13.2 Å². The lowest BCUT2D eigenvalue weighted by Crippen LogP contribution is -2.31.